The van der Waals surface area contributed by atoms with E-state index in [1.165, 1.54) is 64.2 Å². The summed E-state index contributed by atoms with van der Waals surface area (Å²) in [6.07, 6.45) is 15.4. The Morgan fingerprint density at radius 3 is 1.61 bits per heavy atom. The molecule has 0 radical (unpaired) electrons. The zero-order chi connectivity index (χ0) is 25.8. The number of unbranched alkanes of at least 4 members (excludes halogenated alkanes) is 12. The van der Waals surface area contributed by atoms with Gasteiger partial charge in [-0.3, -0.25) is 0 Å². The molecule has 0 bridgehead atoms. The van der Waals surface area contributed by atoms with Crippen molar-refractivity contribution in [1.82, 2.24) is 0 Å². The highest BCUT2D eigenvalue weighted by Gasteiger charge is 2.19. The van der Waals surface area contributed by atoms with Crippen molar-refractivity contribution in [2.45, 2.75) is 116 Å². The van der Waals surface area contributed by atoms with Crippen LogP contribution in [0.4, 0.5) is 4.39 Å². The topological polar surface area (TPSA) is 35.5 Å². The second-order valence-corrected chi connectivity index (χ2v) is 9.82. The third-order valence-corrected chi connectivity index (χ3v) is 6.59. The molecule has 0 saturated heterocycles. The zero-order valence-corrected chi connectivity index (χ0v) is 22.6. The molecule has 0 aromatic heterocycles. The lowest BCUT2D eigenvalue weighted by Crippen LogP contribution is -2.21. The van der Waals surface area contributed by atoms with Gasteiger partial charge in [-0.05, 0) is 54.7 Å². The number of hydrogen-bond acceptors (Lipinski definition) is 3. The molecule has 4 heteroatoms. The van der Waals surface area contributed by atoms with Crippen molar-refractivity contribution in [3.8, 4) is 22.6 Å². The van der Waals surface area contributed by atoms with E-state index in [0.717, 1.165) is 49.2 Å². The summed E-state index contributed by atoms with van der Waals surface area (Å²) in [5.74, 6) is 0.459. The van der Waals surface area contributed by atoms with Gasteiger partial charge >= 0.3 is 5.97 Å². The van der Waals surface area contributed by atoms with E-state index in [9.17, 15) is 9.18 Å². The van der Waals surface area contributed by atoms with E-state index < -0.39 is 12.1 Å². The minimum Gasteiger partial charge on any atom is -0.494 e. The van der Waals surface area contributed by atoms with Gasteiger partial charge in [0.2, 0.25) is 0 Å². The van der Waals surface area contributed by atoms with E-state index in [0.29, 0.717) is 5.75 Å². The van der Waals surface area contributed by atoms with Crippen molar-refractivity contribution in [2.24, 2.45) is 0 Å². The van der Waals surface area contributed by atoms with Gasteiger partial charge in [-0.15, -0.1) is 0 Å². The highest BCUT2D eigenvalue weighted by Crippen LogP contribution is 2.25. The molecule has 1 atom stereocenters. The molecule has 0 aliphatic carbocycles. The van der Waals surface area contributed by atoms with E-state index in [2.05, 4.69) is 13.8 Å². The van der Waals surface area contributed by atoms with Gasteiger partial charge in [0.15, 0.2) is 6.17 Å². The molecule has 0 aliphatic heterocycles. The maximum Gasteiger partial charge on any atom is 0.346 e. The molecule has 2 rings (SSSR count). The second-order valence-electron chi connectivity index (χ2n) is 9.82. The van der Waals surface area contributed by atoms with Crippen LogP contribution in [0.5, 0.6) is 11.5 Å². The number of halogens is 1. The normalized spacial score (nSPS) is 11.9. The molecule has 0 saturated carbocycles. The van der Waals surface area contributed by atoms with Gasteiger partial charge < -0.3 is 9.47 Å². The van der Waals surface area contributed by atoms with Crippen molar-refractivity contribution in [3.05, 3.63) is 48.5 Å². The van der Waals surface area contributed by atoms with E-state index in [-0.39, 0.29) is 6.42 Å². The molecule has 0 N–H and O–H groups in total. The summed E-state index contributed by atoms with van der Waals surface area (Å²) in [7, 11) is 0. The van der Waals surface area contributed by atoms with Gasteiger partial charge in [0, 0.05) is 0 Å². The smallest absolute Gasteiger partial charge is 0.346 e. The van der Waals surface area contributed by atoms with Crippen molar-refractivity contribution in [1.29, 1.82) is 0 Å². The summed E-state index contributed by atoms with van der Waals surface area (Å²) in [6.45, 7) is 5.17. The molecule has 2 aromatic carbocycles. The molecular formula is C32H47FO3. The Morgan fingerprint density at radius 2 is 1.08 bits per heavy atom. The van der Waals surface area contributed by atoms with Crippen LogP contribution in [0, 0.1) is 0 Å². The molecule has 0 amide bonds. The first-order chi connectivity index (χ1) is 17.6. The van der Waals surface area contributed by atoms with Crippen LogP contribution in [0.1, 0.15) is 110 Å². The first kappa shape index (κ1) is 29.9. The fourth-order valence-electron chi connectivity index (χ4n) is 4.29. The van der Waals surface area contributed by atoms with E-state index in [1.54, 1.807) is 12.1 Å². The largest absolute Gasteiger partial charge is 0.494 e. The van der Waals surface area contributed by atoms with Crippen LogP contribution in [0.15, 0.2) is 48.5 Å². The first-order valence-corrected chi connectivity index (χ1v) is 14.3. The summed E-state index contributed by atoms with van der Waals surface area (Å²) in [5.41, 5.74) is 2.06. The molecule has 2 aromatic rings. The van der Waals surface area contributed by atoms with Crippen LogP contribution in [0.2, 0.25) is 0 Å². The van der Waals surface area contributed by atoms with E-state index >= 15 is 0 Å². The fourth-order valence-corrected chi connectivity index (χ4v) is 4.29. The van der Waals surface area contributed by atoms with Crippen molar-refractivity contribution in [3.63, 3.8) is 0 Å². The van der Waals surface area contributed by atoms with Crippen molar-refractivity contribution < 1.29 is 18.7 Å². The fraction of sp³-hybridized carbons (Fsp3) is 0.594. The number of rotatable bonds is 20. The number of carbonyl (C=O) groups excluding carboxylic acids is 1. The van der Waals surface area contributed by atoms with Gasteiger partial charge in [0.05, 0.1) is 6.61 Å². The highest BCUT2D eigenvalue weighted by atomic mass is 19.1. The predicted molar refractivity (Wildman–Crippen MR) is 149 cm³/mol. The standard InChI is InChI=1S/C32H47FO3/c1-3-5-7-9-11-12-14-16-26-35-29-22-18-27(19-23-29)28-20-24-30(25-21-28)36-32(34)31(33)17-15-13-10-8-6-4-2/h18-25,31H,3-17,26H2,1-2H3. The Balaban J connectivity index is 1.67. The zero-order valence-electron chi connectivity index (χ0n) is 22.6. The van der Waals surface area contributed by atoms with E-state index in [4.69, 9.17) is 9.47 Å². The summed E-state index contributed by atoms with van der Waals surface area (Å²) in [5, 5.41) is 0. The predicted octanol–water partition coefficient (Wildman–Crippen LogP) is 9.87. The highest BCUT2D eigenvalue weighted by molar-refractivity contribution is 5.77. The lowest BCUT2D eigenvalue weighted by molar-refractivity contribution is -0.140. The third-order valence-electron chi connectivity index (χ3n) is 6.59. The van der Waals surface area contributed by atoms with Gasteiger partial charge in [-0.25, -0.2) is 9.18 Å². The Labute approximate surface area is 218 Å². The molecule has 3 nitrogen and oxygen atoms in total. The Morgan fingerprint density at radius 1 is 0.639 bits per heavy atom. The Bertz CT molecular complexity index is 816. The summed E-state index contributed by atoms with van der Waals surface area (Å²) in [4.78, 5) is 12.1. The van der Waals surface area contributed by atoms with Gasteiger partial charge in [-0.1, -0.05) is 115 Å². The number of benzene rings is 2. The van der Waals surface area contributed by atoms with Crippen LogP contribution in [-0.2, 0) is 4.79 Å². The average molecular weight is 499 g/mol. The molecule has 0 fully saturated rings. The summed E-state index contributed by atoms with van der Waals surface area (Å²) < 4.78 is 25.3. The molecule has 1 unspecified atom stereocenters. The SMILES string of the molecule is CCCCCCCCCCOc1ccc(-c2ccc(OC(=O)C(F)CCCCCCCC)cc2)cc1. The number of carbonyl (C=O) groups is 1. The quantitative estimate of drug-likeness (QED) is 0.103. The Hall–Kier alpha value is -2.36. The van der Waals surface area contributed by atoms with Gasteiger partial charge in [0.1, 0.15) is 11.5 Å². The molecular weight excluding hydrogens is 451 g/mol. The lowest BCUT2D eigenvalue weighted by Gasteiger charge is -2.10. The van der Waals surface area contributed by atoms with Crippen LogP contribution < -0.4 is 9.47 Å². The molecule has 0 aliphatic rings. The summed E-state index contributed by atoms with van der Waals surface area (Å²) >= 11 is 0. The monoisotopic (exact) mass is 498 g/mol. The van der Waals surface area contributed by atoms with Crippen molar-refractivity contribution in [2.75, 3.05) is 6.61 Å². The lowest BCUT2D eigenvalue weighted by atomic mass is 10.1. The van der Waals surface area contributed by atoms with Crippen LogP contribution in [0.3, 0.4) is 0 Å². The van der Waals surface area contributed by atoms with E-state index in [1.807, 2.05) is 36.4 Å². The first-order valence-electron chi connectivity index (χ1n) is 14.3. The molecule has 200 valence electrons. The number of hydrogen-bond donors (Lipinski definition) is 0. The third kappa shape index (κ3) is 12.6. The van der Waals surface area contributed by atoms with Crippen LogP contribution in [-0.4, -0.2) is 18.7 Å². The Kier molecular flexibility index (Phi) is 15.6. The molecule has 0 heterocycles. The average Bonchev–Trinajstić information content (AvgIpc) is 2.90. The van der Waals surface area contributed by atoms with Crippen LogP contribution >= 0.6 is 0 Å². The van der Waals surface area contributed by atoms with Crippen LogP contribution in [0.25, 0.3) is 11.1 Å². The molecule has 36 heavy (non-hydrogen) atoms. The van der Waals surface area contributed by atoms with Gasteiger partial charge in [-0.2, -0.15) is 0 Å². The minimum absolute atomic E-state index is 0.233. The molecule has 0 spiro atoms. The summed E-state index contributed by atoms with van der Waals surface area (Å²) in [6, 6.07) is 15.3. The number of ether oxygens (including phenoxy) is 2. The minimum atomic E-state index is -1.56. The maximum absolute atomic E-state index is 14.2. The van der Waals surface area contributed by atoms with Gasteiger partial charge in [0.25, 0.3) is 0 Å². The second kappa shape index (κ2) is 18.8. The number of esters is 1. The van der Waals surface area contributed by atoms with Crippen molar-refractivity contribution >= 4 is 5.97 Å². The number of alkyl halides is 1. The maximum atomic E-state index is 14.2.